The van der Waals surface area contributed by atoms with Crippen LogP contribution in [0, 0.1) is 0 Å². The molecule has 2 atom stereocenters. The molecule has 0 spiro atoms. The number of aliphatic hydroxyl groups is 1. The monoisotopic (exact) mass is 496 g/mol. The normalized spacial score (nSPS) is 17.5. The maximum absolute atomic E-state index is 12.8. The number of halogens is 1. The molecular formula is C25H29ClN6O3. The van der Waals surface area contributed by atoms with Crippen molar-refractivity contribution in [1.29, 1.82) is 0 Å². The zero-order valence-corrected chi connectivity index (χ0v) is 20.2. The van der Waals surface area contributed by atoms with Crippen LogP contribution >= 0.6 is 11.6 Å². The third-order valence-electron chi connectivity index (χ3n) is 5.92. The highest BCUT2D eigenvalue weighted by molar-refractivity contribution is 6.30. The lowest BCUT2D eigenvalue weighted by Gasteiger charge is -2.39. The van der Waals surface area contributed by atoms with E-state index in [9.17, 15) is 4.79 Å². The van der Waals surface area contributed by atoms with Gasteiger partial charge in [0.25, 0.3) is 0 Å². The number of urea groups is 1. The van der Waals surface area contributed by atoms with Gasteiger partial charge in [0.1, 0.15) is 11.6 Å². The maximum Gasteiger partial charge on any atom is 0.319 e. The van der Waals surface area contributed by atoms with E-state index in [0.29, 0.717) is 29.5 Å². The lowest BCUT2D eigenvalue weighted by Crippen LogP contribution is -2.51. The number of carbonyl (C=O) groups is 1. The second kappa shape index (κ2) is 11.7. The second-order valence-corrected chi connectivity index (χ2v) is 8.67. The Labute approximate surface area is 209 Å². The van der Waals surface area contributed by atoms with Crippen molar-refractivity contribution in [2.75, 3.05) is 48.9 Å². The third kappa shape index (κ3) is 6.52. The van der Waals surface area contributed by atoms with Crippen molar-refractivity contribution < 1.29 is 14.6 Å². The van der Waals surface area contributed by atoms with Crippen LogP contribution in [0.2, 0.25) is 5.02 Å². The summed E-state index contributed by atoms with van der Waals surface area (Å²) in [5, 5.41) is 18.7. The molecule has 3 aromatic rings. The van der Waals surface area contributed by atoms with Gasteiger partial charge in [-0.2, -0.15) is 0 Å². The molecule has 3 heterocycles. The van der Waals surface area contributed by atoms with Crippen LogP contribution in [-0.2, 0) is 0 Å². The van der Waals surface area contributed by atoms with E-state index in [1.165, 1.54) is 0 Å². The smallest absolute Gasteiger partial charge is 0.319 e. The van der Waals surface area contributed by atoms with Gasteiger partial charge in [0.15, 0.2) is 0 Å². The number of ether oxygens (including phenoxy) is 1. The summed E-state index contributed by atoms with van der Waals surface area (Å²) in [4.78, 5) is 24.2. The van der Waals surface area contributed by atoms with Gasteiger partial charge in [-0.1, -0.05) is 11.6 Å². The largest absolute Gasteiger partial charge is 0.495 e. The zero-order chi connectivity index (χ0) is 24.6. The number of amides is 2. The molecule has 9 nitrogen and oxygen atoms in total. The minimum atomic E-state index is -0.276. The number of aliphatic hydroxyl groups excluding tert-OH is 1. The molecule has 0 radical (unpaired) electrons. The van der Waals surface area contributed by atoms with Gasteiger partial charge in [-0.15, -0.1) is 0 Å². The highest BCUT2D eigenvalue weighted by Crippen LogP contribution is 2.30. The number of nitrogens with zero attached hydrogens (tertiary/aromatic N) is 3. The lowest BCUT2D eigenvalue weighted by molar-refractivity contribution is 0.243. The predicted octanol–water partition coefficient (Wildman–Crippen LogP) is 3.73. The number of anilines is 3. The highest BCUT2D eigenvalue weighted by atomic mass is 35.5. The van der Waals surface area contributed by atoms with Crippen LogP contribution in [0.3, 0.4) is 0 Å². The molecule has 0 unspecified atom stereocenters. The van der Waals surface area contributed by atoms with Gasteiger partial charge >= 0.3 is 6.03 Å². The van der Waals surface area contributed by atoms with E-state index in [-0.39, 0.29) is 24.6 Å². The van der Waals surface area contributed by atoms with E-state index in [0.717, 1.165) is 30.2 Å². The number of hydrogen-bond acceptors (Lipinski definition) is 7. The highest BCUT2D eigenvalue weighted by Gasteiger charge is 2.33. The zero-order valence-electron chi connectivity index (χ0n) is 19.4. The van der Waals surface area contributed by atoms with Crippen molar-refractivity contribution in [2.45, 2.75) is 18.4 Å². The van der Waals surface area contributed by atoms with E-state index in [1.54, 1.807) is 43.8 Å². The summed E-state index contributed by atoms with van der Waals surface area (Å²) < 4.78 is 5.26. The number of carbonyl (C=O) groups excluding carboxylic acids is 1. The Morgan fingerprint density at radius 2 is 1.91 bits per heavy atom. The van der Waals surface area contributed by atoms with Crippen LogP contribution in [0.1, 0.15) is 18.0 Å². The van der Waals surface area contributed by atoms with E-state index < -0.39 is 0 Å². The fraction of sp³-hybridized carbons (Fsp3) is 0.320. The van der Waals surface area contributed by atoms with E-state index >= 15 is 0 Å². The second-order valence-electron chi connectivity index (χ2n) is 8.23. The molecule has 1 aliphatic heterocycles. The molecule has 184 valence electrons. The van der Waals surface area contributed by atoms with Crippen LogP contribution in [-0.4, -0.2) is 60.5 Å². The fourth-order valence-corrected chi connectivity index (χ4v) is 4.24. The van der Waals surface area contributed by atoms with Crippen molar-refractivity contribution in [3.63, 3.8) is 0 Å². The average molecular weight is 497 g/mol. The van der Waals surface area contributed by atoms with Gasteiger partial charge < -0.3 is 30.7 Å². The summed E-state index contributed by atoms with van der Waals surface area (Å²) in [6, 6.07) is 14.3. The van der Waals surface area contributed by atoms with Gasteiger partial charge in [0.2, 0.25) is 0 Å². The molecule has 4 N–H and O–H groups in total. The summed E-state index contributed by atoms with van der Waals surface area (Å²) in [7, 11) is 1.61. The number of hydrogen-bond donors (Lipinski definition) is 4. The van der Waals surface area contributed by atoms with E-state index in [2.05, 4.69) is 30.8 Å². The molecule has 1 fully saturated rings. The van der Waals surface area contributed by atoms with Crippen molar-refractivity contribution in [3.05, 3.63) is 71.6 Å². The van der Waals surface area contributed by atoms with Crippen molar-refractivity contribution in [2.24, 2.45) is 0 Å². The fourth-order valence-electron chi connectivity index (χ4n) is 4.11. The molecule has 10 heteroatoms. The van der Waals surface area contributed by atoms with Crippen LogP contribution in [0.4, 0.5) is 22.0 Å². The first kappa shape index (κ1) is 24.6. The molecule has 1 aliphatic rings. The first-order valence-electron chi connectivity index (χ1n) is 11.4. The Morgan fingerprint density at radius 1 is 1.11 bits per heavy atom. The number of nitrogens with one attached hydrogen (secondary N) is 3. The number of piperidine rings is 1. The molecule has 0 bridgehead atoms. The SMILES string of the molecule is COc1ccc([C@@H]2CN(c3ccc(NCCO)cn3)CC[C@H]2NC(=O)Nc2ccc(Cl)cc2)nc1. The van der Waals surface area contributed by atoms with E-state index in [4.69, 9.17) is 21.4 Å². The number of rotatable bonds is 8. The van der Waals surface area contributed by atoms with Crippen LogP contribution in [0.25, 0.3) is 0 Å². The lowest BCUT2D eigenvalue weighted by atomic mass is 9.88. The first-order chi connectivity index (χ1) is 17.1. The van der Waals surface area contributed by atoms with Crippen LogP contribution in [0.15, 0.2) is 60.9 Å². The Balaban J connectivity index is 1.49. The quantitative estimate of drug-likeness (QED) is 0.376. The third-order valence-corrected chi connectivity index (χ3v) is 6.17. The molecule has 1 aromatic carbocycles. The summed E-state index contributed by atoms with van der Waals surface area (Å²) in [5.74, 6) is 1.47. The summed E-state index contributed by atoms with van der Waals surface area (Å²) >= 11 is 5.94. The van der Waals surface area contributed by atoms with Crippen molar-refractivity contribution >= 4 is 34.8 Å². The van der Waals surface area contributed by atoms with E-state index in [1.807, 2.05) is 24.3 Å². The number of pyridine rings is 2. The molecule has 2 aromatic heterocycles. The van der Waals surface area contributed by atoms with Crippen LogP contribution < -0.4 is 25.6 Å². The Kier molecular flexibility index (Phi) is 8.23. The minimum absolute atomic E-state index is 0.0559. The number of methoxy groups -OCH3 is 1. The van der Waals surface area contributed by atoms with Gasteiger partial charge in [0, 0.05) is 48.0 Å². The van der Waals surface area contributed by atoms with Gasteiger partial charge in [0.05, 0.1) is 31.8 Å². The molecule has 1 saturated heterocycles. The summed E-state index contributed by atoms with van der Waals surface area (Å²) in [5.41, 5.74) is 2.39. The molecule has 0 saturated carbocycles. The Bertz CT molecular complexity index is 1100. The van der Waals surface area contributed by atoms with Crippen molar-refractivity contribution in [3.8, 4) is 5.75 Å². The molecular weight excluding hydrogens is 468 g/mol. The minimum Gasteiger partial charge on any atom is -0.495 e. The molecule has 4 rings (SSSR count). The molecule has 35 heavy (non-hydrogen) atoms. The molecule has 0 aliphatic carbocycles. The summed E-state index contributed by atoms with van der Waals surface area (Å²) in [6.45, 7) is 1.91. The predicted molar refractivity (Wildman–Crippen MR) is 138 cm³/mol. The first-order valence-corrected chi connectivity index (χ1v) is 11.8. The summed E-state index contributed by atoms with van der Waals surface area (Å²) in [6.07, 6.45) is 4.17. The molecule has 2 amide bonds. The Hall–Kier alpha value is -3.56. The van der Waals surface area contributed by atoms with Gasteiger partial charge in [-0.05, 0) is 55.0 Å². The van der Waals surface area contributed by atoms with Gasteiger partial charge in [-0.3, -0.25) is 4.98 Å². The van der Waals surface area contributed by atoms with Crippen molar-refractivity contribution in [1.82, 2.24) is 15.3 Å². The number of aromatic nitrogens is 2. The number of benzene rings is 1. The average Bonchev–Trinajstić information content (AvgIpc) is 2.89. The standard InChI is InChI=1S/C25H29ClN6O3/c1-35-20-7-8-22(28-15-20)21-16-32(24-9-6-19(14-29-24)27-11-13-33)12-10-23(21)31-25(34)30-18-4-2-17(26)3-5-18/h2-9,14-15,21,23,27,33H,10-13,16H2,1H3,(H2,30,31,34)/t21-,23+/m0/s1. The van der Waals surface area contributed by atoms with Gasteiger partial charge in [-0.25, -0.2) is 9.78 Å². The van der Waals surface area contributed by atoms with Crippen LogP contribution in [0.5, 0.6) is 5.75 Å². The maximum atomic E-state index is 12.8. The Morgan fingerprint density at radius 3 is 2.57 bits per heavy atom. The topological polar surface area (TPSA) is 112 Å².